The van der Waals surface area contributed by atoms with Crippen LogP contribution < -0.4 is 10.6 Å². The Morgan fingerprint density at radius 3 is 2.21 bits per heavy atom. The number of rotatable bonds is 14. The van der Waals surface area contributed by atoms with E-state index in [0.29, 0.717) is 45.6 Å². The van der Waals surface area contributed by atoms with E-state index in [1.165, 1.54) is 7.11 Å². The normalized spacial score (nSPS) is 16.4. The summed E-state index contributed by atoms with van der Waals surface area (Å²) in [5.41, 5.74) is 0.941. The van der Waals surface area contributed by atoms with Crippen LogP contribution in [-0.2, 0) is 35.1 Å². The van der Waals surface area contributed by atoms with Gasteiger partial charge < -0.3 is 30.1 Å². The number of amides is 3. The summed E-state index contributed by atoms with van der Waals surface area (Å²) >= 11 is 0. The van der Waals surface area contributed by atoms with E-state index in [4.69, 9.17) is 9.47 Å². The zero-order chi connectivity index (χ0) is 31.5. The highest BCUT2D eigenvalue weighted by Gasteiger charge is 2.34. The fourth-order valence-corrected chi connectivity index (χ4v) is 5.48. The fourth-order valence-electron chi connectivity index (χ4n) is 5.48. The van der Waals surface area contributed by atoms with Gasteiger partial charge in [0.25, 0.3) is 0 Å². The second-order valence-corrected chi connectivity index (χ2v) is 12.1. The number of methoxy groups -OCH3 is 1. The zero-order valence-electron chi connectivity index (χ0n) is 26.0. The van der Waals surface area contributed by atoms with E-state index in [0.717, 1.165) is 16.3 Å². The molecule has 43 heavy (non-hydrogen) atoms. The quantitative estimate of drug-likeness (QED) is 0.285. The maximum atomic E-state index is 13.9. The van der Waals surface area contributed by atoms with Gasteiger partial charge in [-0.2, -0.15) is 0 Å². The minimum absolute atomic E-state index is 0.0118. The Balaban J connectivity index is 1.86. The van der Waals surface area contributed by atoms with Crippen LogP contribution >= 0.6 is 0 Å². The largest absolute Gasteiger partial charge is 0.467 e. The van der Waals surface area contributed by atoms with Crippen LogP contribution in [0.25, 0.3) is 10.8 Å². The predicted molar refractivity (Wildman–Crippen MR) is 164 cm³/mol. The lowest BCUT2D eigenvalue weighted by Crippen LogP contribution is -2.55. The molecule has 1 fully saturated rings. The van der Waals surface area contributed by atoms with Crippen LogP contribution in [0.15, 0.2) is 42.5 Å². The van der Waals surface area contributed by atoms with Crippen LogP contribution in [-0.4, -0.2) is 85.3 Å². The zero-order valence-corrected chi connectivity index (χ0v) is 26.0. The van der Waals surface area contributed by atoms with E-state index in [9.17, 15) is 24.3 Å². The van der Waals surface area contributed by atoms with Gasteiger partial charge in [-0.3, -0.25) is 14.4 Å². The Labute approximate surface area is 254 Å². The highest BCUT2D eigenvalue weighted by Crippen LogP contribution is 2.24. The van der Waals surface area contributed by atoms with Gasteiger partial charge in [-0.1, -0.05) is 70.2 Å². The number of nitrogens with one attached hydrogen (secondary N) is 2. The van der Waals surface area contributed by atoms with Gasteiger partial charge in [0.2, 0.25) is 17.7 Å². The molecule has 3 amide bonds. The molecule has 2 aromatic rings. The molecule has 1 aliphatic heterocycles. The van der Waals surface area contributed by atoms with Crippen molar-refractivity contribution in [2.75, 3.05) is 33.4 Å². The van der Waals surface area contributed by atoms with Crippen molar-refractivity contribution in [3.8, 4) is 0 Å². The number of fused-ring (bicyclic) bond motifs is 1. The molecule has 0 spiro atoms. The van der Waals surface area contributed by atoms with Crippen molar-refractivity contribution < 1.29 is 33.8 Å². The molecule has 0 aliphatic carbocycles. The van der Waals surface area contributed by atoms with Gasteiger partial charge in [0.1, 0.15) is 6.04 Å². The number of morpholine rings is 1. The van der Waals surface area contributed by atoms with Crippen LogP contribution in [0.2, 0.25) is 0 Å². The van der Waals surface area contributed by atoms with Crippen molar-refractivity contribution in [2.24, 2.45) is 17.8 Å². The molecule has 1 aliphatic rings. The highest BCUT2D eigenvalue weighted by atomic mass is 16.5. The number of ether oxygens (including phenoxy) is 2. The lowest BCUT2D eigenvalue weighted by atomic mass is 9.90. The Morgan fingerprint density at radius 1 is 0.907 bits per heavy atom. The number of hydrogen-bond acceptors (Lipinski definition) is 7. The summed E-state index contributed by atoms with van der Waals surface area (Å²) in [5, 5.41) is 18.3. The molecular formula is C33H47N3O7. The third-order valence-electron chi connectivity index (χ3n) is 7.72. The maximum absolute atomic E-state index is 13.9. The summed E-state index contributed by atoms with van der Waals surface area (Å²) in [7, 11) is 1.18. The number of benzene rings is 2. The van der Waals surface area contributed by atoms with Gasteiger partial charge in [-0.15, -0.1) is 0 Å². The third-order valence-corrected chi connectivity index (χ3v) is 7.72. The topological polar surface area (TPSA) is 134 Å². The maximum Gasteiger partial charge on any atom is 0.336 e. The van der Waals surface area contributed by atoms with Gasteiger partial charge in [0.15, 0.2) is 6.10 Å². The Morgan fingerprint density at radius 2 is 1.56 bits per heavy atom. The molecule has 1 saturated heterocycles. The summed E-state index contributed by atoms with van der Waals surface area (Å²) in [4.78, 5) is 54.6. The van der Waals surface area contributed by atoms with Crippen molar-refractivity contribution in [1.29, 1.82) is 0 Å². The van der Waals surface area contributed by atoms with Crippen LogP contribution in [0.5, 0.6) is 0 Å². The summed E-state index contributed by atoms with van der Waals surface area (Å²) in [5.74, 6) is -2.48. The summed E-state index contributed by atoms with van der Waals surface area (Å²) in [6.45, 7) is 9.57. The summed E-state index contributed by atoms with van der Waals surface area (Å²) in [6, 6.07) is 12.0. The first-order chi connectivity index (χ1) is 20.5. The molecule has 4 atom stereocenters. The summed E-state index contributed by atoms with van der Waals surface area (Å²) in [6.07, 6.45) is -0.573. The monoisotopic (exact) mass is 597 g/mol. The molecule has 3 N–H and O–H groups in total. The molecule has 1 heterocycles. The number of carbonyl (C=O) groups is 4. The Kier molecular flexibility index (Phi) is 12.9. The van der Waals surface area contributed by atoms with E-state index in [2.05, 4.69) is 10.6 Å². The van der Waals surface area contributed by atoms with Gasteiger partial charge in [-0.05, 0) is 47.4 Å². The molecule has 0 aromatic heterocycles. The molecule has 0 radical (unpaired) electrons. The first-order valence-electron chi connectivity index (χ1n) is 15.2. The molecule has 10 heteroatoms. The van der Waals surface area contributed by atoms with Crippen LogP contribution in [0.4, 0.5) is 0 Å². The molecular weight excluding hydrogens is 550 g/mol. The van der Waals surface area contributed by atoms with Crippen molar-refractivity contribution in [3.63, 3.8) is 0 Å². The number of hydrogen-bond donors (Lipinski definition) is 3. The number of aliphatic hydroxyl groups is 1. The highest BCUT2D eigenvalue weighted by molar-refractivity contribution is 5.92. The smallest absolute Gasteiger partial charge is 0.336 e. The summed E-state index contributed by atoms with van der Waals surface area (Å²) < 4.78 is 10.1. The Bertz CT molecular complexity index is 1240. The van der Waals surface area contributed by atoms with Gasteiger partial charge in [0.05, 0.1) is 32.3 Å². The van der Waals surface area contributed by atoms with E-state index in [-0.39, 0.29) is 24.2 Å². The predicted octanol–water partition coefficient (Wildman–Crippen LogP) is 2.84. The minimum Gasteiger partial charge on any atom is -0.467 e. The average Bonchev–Trinajstić information content (AvgIpc) is 2.99. The SMILES string of the molecule is COC(=O)C(O)[C@H](CC(C)C)NC(=O)[C@H](CC(C)C)NC(=O)C(CC(=O)N1CCOCC1)Cc1cccc2ccccc12. The standard InChI is InChI=1S/C33H47N3O7/c1-21(2)17-27(30(38)33(41)42-5)34-32(40)28(18-22(3)4)35-31(39)25(20-29(37)36-13-15-43-16-14-36)19-24-11-8-10-23-9-6-7-12-26(23)24/h6-12,21-22,25,27-28,30,38H,13-20H2,1-5H3,(H,34,40)(H,35,39)/t25?,27-,28-,30?/m0/s1. The molecule has 236 valence electrons. The van der Waals surface area contributed by atoms with E-state index in [1.54, 1.807) is 4.90 Å². The van der Waals surface area contributed by atoms with Crippen LogP contribution in [0.3, 0.4) is 0 Å². The van der Waals surface area contributed by atoms with Gasteiger partial charge >= 0.3 is 5.97 Å². The number of esters is 1. The molecule has 2 aromatic carbocycles. The average molecular weight is 598 g/mol. The van der Waals surface area contributed by atoms with Crippen LogP contribution in [0.1, 0.15) is 52.5 Å². The number of aliphatic hydroxyl groups excluding tert-OH is 1. The minimum atomic E-state index is -1.54. The van der Waals surface area contributed by atoms with E-state index in [1.807, 2.05) is 70.2 Å². The number of carbonyl (C=O) groups excluding carboxylic acids is 4. The number of nitrogens with zero attached hydrogens (tertiary/aromatic N) is 1. The molecule has 10 nitrogen and oxygen atoms in total. The van der Waals surface area contributed by atoms with Crippen molar-refractivity contribution in [1.82, 2.24) is 15.5 Å². The van der Waals surface area contributed by atoms with Crippen LogP contribution in [0, 0.1) is 17.8 Å². The van der Waals surface area contributed by atoms with Crippen molar-refractivity contribution in [2.45, 2.75) is 71.6 Å². The molecule has 0 saturated carbocycles. The lowest BCUT2D eigenvalue weighted by Gasteiger charge is -2.30. The molecule has 0 bridgehead atoms. The first-order valence-corrected chi connectivity index (χ1v) is 15.2. The Hall–Kier alpha value is -3.50. The van der Waals surface area contributed by atoms with E-state index >= 15 is 0 Å². The first kappa shape index (κ1) is 34.0. The second-order valence-electron chi connectivity index (χ2n) is 12.1. The second kappa shape index (κ2) is 16.4. The van der Waals surface area contributed by atoms with Crippen molar-refractivity contribution >= 4 is 34.5 Å². The van der Waals surface area contributed by atoms with Gasteiger partial charge in [-0.25, -0.2) is 4.79 Å². The lowest BCUT2D eigenvalue weighted by molar-refractivity contribution is -0.152. The van der Waals surface area contributed by atoms with E-state index < -0.39 is 41.9 Å². The van der Waals surface area contributed by atoms with Crippen molar-refractivity contribution in [3.05, 3.63) is 48.0 Å². The van der Waals surface area contributed by atoms with Gasteiger partial charge in [0, 0.05) is 19.5 Å². The third kappa shape index (κ3) is 10.0. The fraction of sp³-hybridized carbons (Fsp3) is 0.576. The molecule has 2 unspecified atom stereocenters. The molecule has 3 rings (SSSR count).